The van der Waals surface area contributed by atoms with Crippen LogP contribution in [0.1, 0.15) is 52.9 Å². The van der Waals surface area contributed by atoms with Gasteiger partial charge in [0.1, 0.15) is 12.1 Å². The molecule has 2 fully saturated rings. The maximum atomic E-state index is 12.7. The summed E-state index contributed by atoms with van der Waals surface area (Å²) in [7, 11) is 0. The van der Waals surface area contributed by atoms with Crippen LogP contribution < -0.4 is 10.6 Å². The smallest absolute Gasteiger partial charge is 0.325 e. The molecular weight excluding hydrogens is 270 g/mol. The van der Waals surface area contributed by atoms with Crippen molar-refractivity contribution in [3.05, 3.63) is 0 Å². The highest BCUT2D eigenvalue weighted by molar-refractivity contribution is 6.09. The van der Waals surface area contributed by atoms with Gasteiger partial charge < -0.3 is 10.6 Å². The molecule has 2 N–H and O–H groups in total. The zero-order valence-electron chi connectivity index (χ0n) is 13.1. The molecule has 1 aliphatic heterocycles. The summed E-state index contributed by atoms with van der Waals surface area (Å²) in [4.78, 5) is 37.8. The SMILES string of the molecule is CC[C@H](C)NC(=O)CN1C(=O)N[C@@]2(CCCC[C@@H]2C)C1=O. The van der Waals surface area contributed by atoms with Gasteiger partial charge in [0.25, 0.3) is 5.91 Å². The molecule has 1 spiro atoms. The summed E-state index contributed by atoms with van der Waals surface area (Å²) in [5, 5.41) is 5.64. The van der Waals surface area contributed by atoms with Crippen LogP contribution in [0.2, 0.25) is 0 Å². The van der Waals surface area contributed by atoms with Crippen LogP contribution in [0.4, 0.5) is 4.79 Å². The van der Waals surface area contributed by atoms with Crippen LogP contribution >= 0.6 is 0 Å². The molecule has 0 aromatic heterocycles. The van der Waals surface area contributed by atoms with Crippen molar-refractivity contribution in [2.75, 3.05) is 6.54 Å². The zero-order chi connectivity index (χ0) is 15.6. The molecule has 1 saturated carbocycles. The maximum Gasteiger partial charge on any atom is 0.325 e. The predicted molar refractivity (Wildman–Crippen MR) is 78.5 cm³/mol. The molecule has 6 heteroatoms. The van der Waals surface area contributed by atoms with Gasteiger partial charge in [0.05, 0.1) is 0 Å². The van der Waals surface area contributed by atoms with E-state index in [1.54, 1.807) is 0 Å². The minimum Gasteiger partial charge on any atom is -0.352 e. The Morgan fingerprint density at radius 3 is 2.81 bits per heavy atom. The summed E-state index contributed by atoms with van der Waals surface area (Å²) >= 11 is 0. The fourth-order valence-corrected chi connectivity index (χ4v) is 3.21. The summed E-state index contributed by atoms with van der Waals surface area (Å²) in [6.07, 6.45) is 4.43. The molecule has 0 aromatic carbocycles. The van der Waals surface area contributed by atoms with Crippen molar-refractivity contribution in [2.45, 2.75) is 64.5 Å². The largest absolute Gasteiger partial charge is 0.352 e. The van der Waals surface area contributed by atoms with Crippen molar-refractivity contribution < 1.29 is 14.4 Å². The predicted octanol–water partition coefficient (Wildman–Crippen LogP) is 1.40. The Kier molecular flexibility index (Phi) is 4.54. The zero-order valence-corrected chi connectivity index (χ0v) is 13.1. The number of carbonyl (C=O) groups is 3. The van der Waals surface area contributed by atoms with Crippen molar-refractivity contribution in [2.24, 2.45) is 5.92 Å². The molecule has 1 saturated heterocycles. The van der Waals surface area contributed by atoms with E-state index in [9.17, 15) is 14.4 Å². The van der Waals surface area contributed by atoms with Crippen molar-refractivity contribution in [1.29, 1.82) is 0 Å². The highest BCUT2D eigenvalue weighted by atomic mass is 16.2. The van der Waals surface area contributed by atoms with Crippen LogP contribution in [-0.2, 0) is 9.59 Å². The molecule has 118 valence electrons. The lowest BCUT2D eigenvalue weighted by molar-refractivity contribution is -0.137. The van der Waals surface area contributed by atoms with E-state index in [0.29, 0.717) is 6.42 Å². The molecule has 21 heavy (non-hydrogen) atoms. The van der Waals surface area contributed by atoms with E-state index in [4.69, 9.17) is 0 Å². The lowest BCUT2D eigenvalue weighted by Crippen LogP contribution is -2.54. The van der Waals surface area contributed by atoms with Crippen LogP contribution in [0.25, 0.3) is 0 Å². The topological polar surface area (TPSA) is 78.5 Å². The molecule has 2 aliphatic rings. The second-order valence-corrected chi connectivity index (χ2v) is 6.32. The summed E-state index contributed by atoms with van der Waals surface area (Å²) in [5.74, 6) is -0.405. The molecule has 4 amide bonds. The van der Waals surface area contributed by atoms with Crippen LogP contribution in [-0.4, -0.2) is 40.9 Å². The number of amides is 4. The van der Waals surface area contributed by atoms with Gasteiger partial charge in [-0.15, -0.1) is 0 Å². The third-order valence-corrected chi connectivity index (χ3v) is 4.82. The quantitative estimate of drug-likeness (QED) is 0.770. The van der Waals surface area contributed by atoms with Crippen LogP contribution in [0, 0.1) is 5.92 Å². The fraction of sp³-hybridized carbons (Fsp3) is 0.800. The molecule has 6 nitrogen and oxygen atoms in total. The summed E-state index contributed by atoms with van der Waals surface area (Å²) in [5.41, 5.74) is -0.786. The number of nitrogens with zero attached hydrogens (tertiary/aromatic N) is 1. The van der Waals surface area contributed by atoms with Gasteiger partial charge >= 0.3 is 6.03 Å². The van der Waals surface area contributed by atoms with E-state index in [-0.39, 0.29) is 30.3 Å². The monoisotopic (exact) mass is 295 g/mol. The highest BCUT2D eigenvalue weighted by Crippen LogP contribution is 2.38. The first-order valence-corrected chi connectivity index (χ1v) is 7.84. The van der Waals surface area contributed by atoms with E-state index in [0.717, 1.165) is 30.6 Å². The first-order chi connectivity index (χ1) is 9.90. The maximum absolute atomic E-state index is 12.7. The highest BCUT2D eigenvalue weighted by Gasteiger charge is 2.55. The van der Waals surface area contributed by atoms with Gasteiger partial charge in [-0.25, -0.2) is 4.79 Å². The van der Waals surface area contributed by atoms with E-state index in [2.05, 4.69) is 10.6 Å². The molecule has 0 unspecified atom stereocenters. The first kappa shape index (κ1) is 15.8. The molecule has 0 radical (unpaired) electrons. The minimum atomic E-state index is -0.786. The third-order valence-electron chi connectivity index (χ3n) is 4.82. The summed E-state index contributed by atoms with van der Waals surface area (Å²) < 4.78 is 0. The van der Waals surface area contributed by atoms with Crippen molar-refractivity contribution >= 4 is 17.8 Å². The number of rotatable bonds is 4. The van der Waals surface area contributed by atoms with Crippen LogP contribution in [0.3, 0.4) is 0 Å². The molecule has 1 aliphatic carbocycles. The molecule has 0 bridgehead atoms. The number of urea groups is 1. The average molecular weight is 295 g/mol. The standard InChI is InChI=1S/C15H25N3O3/c1-4-11(3)16-12(19)9-18-13(20)15(17-14(18)21)8-6-5-7-10(15)2/h10-11H,4-9H2,1-3H3,(H,16,19)(H,17,21)/t10-,11-,15+/m0/s1. The van der Waals surface area contributed by atoms with E-state index >= 15 is 0 Å². The van der Waals surface area contributed by atoms with Crippen molar-refractivity contribution in [3.63, 3.8) is 0 Å². The Balaban J connectivity index is 2.06. The van der Waals surface area contributed by atoms with E-state index in [1.165, 1.54) is 0 Å². The normalized spacial score (nSPS) is 30.4. The van der Waals surface area contributed by atoms with Crippen molar-refractivity contribution in [1.82, 2.24) is 15.5 Å². The Bertz CT molecular complexity index is 451. The molecule has 2 rings (SSSR count). The second kappa shape index (κ2) is 6.03. The minimum absolute atomic E-state index is 0.0424. The van der Waals surface area contributed by atoms with E-state index in [1.807, 2.05) is 20.8 Å². The van der Waals surface area contributed by atoms with Gasteiger partial charge in [0.2, 0.25) is 5.91 Å². The average Bonchev–Trinajstić information content (AvgIpc) is 2.67. The number of imide groups is 1. The first-order valence-electron chi connectivity index (χ1n) is 7.84. The van der Waals surface area contributed by atoms with E-state index < -0.39 is 11.6 Å². The summed E-state index contributed by atoms with van der Waals surface area (Å²) in [6.45, 7) is 5.68. The number of hydrogen-bond donors (Lipinski definition) is 2. The number of carbonyl (C=O) groups excluding carboxylic acids is 3. The Hall–Kier alpha value is -1.59. The molecule has 0 aromatic rings. The van der Waals surface area contributed by atoms with Gasteiger partial charge in [0, 0.05) is 6.04 Å². The Morgan fingerprint density at radius 2 is 2.19 bits per heavy atom. The molecule has 3 atom stereocenters. The van der Waals surface area contributed by atoms with Gasteiger partial charge in [-0.2, -0.15) is 0 Å². The fourth-order valence-electron chi connectivity index (χ4n) is 3.21. The number of nitrogens with one attached hydrogen (secondary N) is 2. The molecular formula is C15H25N3O3. The second-order valence-electron chi connectivity index (χ2n) is 6.32. The van der Waals surface area contributed by atoms with Crippen LogP contribution in [0.5, 0.6) is 0 Å². The van der Waals surface area contributed by atoms with Gasteiger partial charge in [-0.05, 0) is 32.1 Å². The summed E-state index contributed by atoms with van der Waals surface area (Å²) in [6, 6.07) is -0.395. The third kappa shape index (κ3) is 2.89. The van der Waals surface area contributed by atoms with Gasteiger partial charge in [-0.1, -0.05) is 26.7 Å². The molecule has 1 heterocycles. The van der Waals surface area contributed by atoms with Gasteiger partial charge in [0.15, 0.2) is 0 Å². The number of hydrogen-bond acceptors (Lipinski definition) is 3. The van der Waals surface area contributed by atoms with Crippen molar-refractivity contribution in [3.8, 4) is 0 Å². The lowest BCUT2D eigenvalue weighted by Gasteiger charge is -2.36. The lowest BCUT2D eigenvalue weighted by atomic mass is 9.73. The van der Waals surface area contributed by atoms with Crippen LogP contribution in [0.15, 0.2) is 0 Å². The van der Waals surface area contributed by atoms with Gasteiger partial charge in [-0.3, -0.25) is 14.5 Å². The Morgan fingerprint density at radius 1 is 1.48 bits per heavy atom. The Labute approximate surface area is 125 Å².